The van der Waals surface area contributed by atoms with Crippen LogP contribution < -0.4 is 10.6 Å². The second-order valence-corrected chi connectivity index (χ2v) is 4.01. The molecule has 1 atom stereocenters. The van der Waals surface area contributed by atoms with Crippen molar-refractivity contribution in [2.45, 2.75) is 32.2 Å². The second kappa shape index (κ2) is 5.07. The Morgan fingerprint density at radius 1 is 1.40 bits per heavy atom. The van der Waals surface area contributed by atoms with Gasteiger partial charge in [0.05, 0.1) is 0 Å². The van der Waals surface area contributed by atoms with E-state index in [4.69, 9.17) is 0 Å². The minimum absolute atomic E-state index is 0.550. The van der Waals surface area contributed by atoms with E-state index in [2.05, 4.69) is 20.6 Å². The van der Waals surface area contributed by atoms with E-state index in [1.807, 2.05) is 13.0 Å². The van der Waals surface area contributed by atoms with Gasteiger partial charge in [-0.1, -0.05) is 0 Å². The molecule has 1 aliphatic rings. The predicted molar refractivity (Wildman–Crippen MR) is 60.9 cm³/mol. The number of anilines is 1. The average molecular weight is 206 g/mol. The SMILES string of the molecule is Cc1nccc(NC2CCCNCC2)n1. The van der Waals surface area contributed by atoms with Crippen molar-refractivity contribution < 1.29 is 0 Å². The first-order valence-electron chi connectivity index (χ1n) is 5.61. The molecule has 0 aliphatic carbocycles. The summed E-state index contributed by atoms with van der Waals surface area (Å²) in [6.45, 7) is 4.16. The van der Waals surface area contributed by atoms with Gasteiger partial charge in [0.1, 0.15) is 11.6 Å². The molecule has 2 rings (SSSR count). The first-order chi connectivity index (χ1) is 7.34. The Kier molecular flexibility index (Phi) is 3.50. The summed E-state index contributed by atoms with van der Waals surface area (Å²) in [5.41, 5.74) is 0. The Bertz CT molecular complexity index is 305. The fraction of sp³-hybridized carbons (Fsp3) is 0.636. The zero-order chi connectivity index (χ0) is 10.5. The molecule has 0 bridgehead atoms. The van der Waals surface area contributed by atoms with Gasteiger partial charge in [0.15, 0.2) is 0 Å². The van der Waals surface area contributed by atoms with Crippen LogP contribution in [-0.2, 0) is 0 Å². The van der Waals surface area contributed by atoms with Crippen molar-refractivity contribution in [1.29, 1.82) is 0 Å². The van der Waals surface area contributed by atoms with Crippen LogP contribution in [0.2, 0.25) is 0 Å². The minimum atomic E-state index is 0.550. The number of hydrogen-bond donors (Lipinski definition) is 2. The van der Waals surface area contributed by atoms with Crippen molar-refractivity contribution >= 4 is 5.82 Å². The minimum Gasteiger partial charge on any atom is -0.367 e. The van der Waals surface area contributed by atoms with Gasteiger partial charge in [-0.2, -0.15) is 0 Å². The van der Waals surface area contributed by atoms with Crippen LogP contribution in [0, 0.1) is 6.92 Å². The third-order valence-electron chi connectivity index (χ3n) is 2.70. The van der Waals surface area contributed by atoms with Gasteiger partial charge in [0, 0.05) is 12.2 Å². The van der Waals surface area contributed by atoms with Gasteiger partial charge >= 0.3 is 0 Å². The molecule has 1 fully saturated rings. The molecular weight excluding hydrogens is 188 g/mol. The van der Waals surface area contributed by atoms with Crippen molar-refractivity contribution in [3.8, 4) is 0 Å². The summed E-state index contributed by atoms with van der Waals surface area (Å²) < 4.78 is 0. The maximum Gasteiger partial charge on any atom is 0.129 e. The molecule has 1 aromatic heterocycles. The molecule has 15 heavy (non-hydrogen) atoms. The summed E-state index contributed by atoms with van der Waals surface area (Å²) in [4.78, 5) is 8.44. The third-order valence-corrected chi connectivity index (χ3v) is 2.70. The number of aryl methyl sites for hydroxylation is 1. The quantitative estimate of drug-likeness (QED) is 0.766. The Hall–Kier alpha value is -1.16. The lowest BCUT2D eigenvalue weighted by Gasteiger charge is -2.16. The predicted octanol–water partition coefficient (Wildman–Crippen LogP) is 1.34. The molecule has 1 aliphatic heterocycles. The highest BCUT2D eigenvalue weighted by Gasteiger charge is 2.11. The Morgan fingerprint density at radius 3 is 3.20 bits per heavy atom. The summed E-state index contributed by atoms with van der Waals surface area (Å²) in [5.74, 6) is 1.78. The van der Waals surface area contributed by atoms with Gasteiger partial charge < -0.3 is 10.6 Å². The van der Waals surface area contributed by atoms with Crippen LogP contribution in [0.15, 0.2) is 12.3 Å². The van der Waals surface area contributed by atoms with E-state index in [9.17, 15) is 0 Å². The summed E-state index contributed by atoms with van der Waals surface area (Å²) in [6, 6.07) is 2.49. The highest BCUT2D eigenvalue weighted by atomic mass is 15.0. The monoisotopic (exact) mass is 206 g/mol. The van der Waals surface area contributed by atoms with Crippen molar-refractivity contribution in [3.63, 3.8) is 0 Å². The van der Waals surface area contributed by atoms with E-state index >= 15 is 0 Å². The zero-order valence-electron chi connectivity index (χ0n) is 9.16. The fourth-order valence-electron chi connectivity index (χ4n) is 1.91. The van der Waals surface area contributed by atoms with E-state index < -0.39 is 0 Å². The highest BCUT2D eigenvalue weighted by Crippen LogP contribution is 2.11. The summed E-state index contributed by atoms with van der Waals surface area (Å²) >= 11 is 0. The molecule has 0 aromatic carbocycles. The Balaban J connectivity index is 1.95. The normalized spacial score (nSPS) is 22.1. The lowest BCUT2D eigenvalue weighted by atomic mass is 10.1. The number of aromatic nitrogens is 2. The molecule has 0 saturated carbocycles. The smallest absolute Gasteiger partial charge is 0.129 e. The van der Waals surface area contributed by atoms with Crippen LogP contribution in [0.5, 0.6) is 0 Å². The van der Waals surface area contributed by atoms with Crippen LogP contribution in [0.4, 0.5) is 5.82 Å². The third kappa shape index (κ3) is 3.16. The summed E-state index contributed by atoms with van der Waals surface area (Å²) in [5, 5.41) is 6.87. The van der Waals surface area contributed by atoms with Crippen LogP contribution in [0.3, 0.4) is 0 Å². The van der Waals surface area contributed by atoms with Crippen molar-refractivity contribution in [2.24, 2.45) is 0 Å². The van der Waals surface area contributed by atoms with Gasteiger partial charge in [-0.05, 0) is 45.3 Å². The lowest BCUT2D eigenvalue weighted by molar-refractivity contribution is 0.634. The standard InChI is InChI=1S/C11H18N4/c1-9-13-8-5-11(14-9)15-10-3-2-6-12-7-4-10/h5,8,10,12H,2-4,6-7H2,1H3,(H,13,14,15). The maximum atomic E-state index is 4.36. The van der Waals surface area contributed by atoms with E-state index in [-0.39, 0.29) is 0 Å². The number of nitrogens with zero attached hydrogens (tertiary/aromatic N) is 2. The molecule has 0 radical (unpaired) electrons. The molecule has 1 aromatic rings. The number of hydrogen-bond acceptors (Lipinski definition) is 4. The van der Waals surface area contributed by atoms with E-state index in [0.717, 1.165) is 24.7 Å². The van der Waals surface area contributed by atoms with Crippen molar-refractivity contribution in [2.75, 3.05) is 18.4 Å². The van der Waals surface area contributed by atoms with Gasteiger partial charge in [-0.25, -0.2) is 9.97 Å². The van der Waals surface area contributed by atoms with E-state index in [0.29, 0.717) is 6.04 Å². The molecule has 4 heteroatoms. The van der Waals surface area contributed by atoms with Crippen LogP contribution in [0.25, 0.3) is 0 Å². The molecular formula is C11H18N4. The first kappa shape index (κ1) is 10.4. The maximum absolute atomic E-state index is 4.36. The van der Waals surface area contributed by atoms with E-state index in [1.54, 1.807) is 6.20 Å². The van der Waals surface area contributed by atoms with Gasteiger partial charge in [0.25, 0.3) is 0 Å². The zero-order valence-corrected chi connectivity index (χ0v) is 9.16. The summed E-state index contributed by atoms with van der Waals surface area (Å²) in [6.07, 6.45) is 5.43. The molecule has 4 nitrogen and oxygen atoms in total. The largest absolute Gasteiger partial charge is 0.367 e. The first-order valence-corrected chi connectivity index (χ1v) is 5.61. The topological polar surface area (TPSA) is 49.8 Å². The van der Waals surface area contributed by atoms with E-state index in [1.165, 1.54) is 19.3 Å². The Morgan fingerprint density at radius 2 is 2.33 bits per heavy atom. The van der Waals surface area contributed by atoms with Gasteiger partial charge in [-0.15, -0.1) is 0 Å². The van der Waals surface area contributed by atoms with Crippen molar-refractivity contribution in [3.05, 3.63) is 18.1 Å². The molecule has 1 unspecified atom stereocenters. The Labute approximate surface area is 90.5 Å². The molecule has 82 valence electrons. The lowest BCUT2D eigenvalue weighted by Crippen LogP contribution is -2.22. The average Bonchev–Trinajstić information content (AvgIpc) is 2.46. The van der Waals surface area contributed by atoms with Crippen LogP contribution in [0.1, 0.15) is 25.1 Å². The molecule has 2 heterocycles. The van der Waals surface area contributed by atoms with Crippen LogP contribution >= 0.6 is 0 Å². The fourth-order valence-corrected chi connectivity index (χ4v) is 1.91. The second-order valence-electron chi connectivity index (χ2n) is 4.01. The molecule has 0 amide bonds. The molecule has 1 saturated heterocycles. The number of rotatable bonds is 2. The van der Waals surface area contributed by atoms with Crippen molar-refractivity contribution in [1.82, 2.24) is 15.3 Å². The van der Waals surface area contributed by atoms with Gasteiger partial charge in [-0.3, -0.25) is 0 Å². The van der Waals surface area contributed by atoms with Crippen LogP contribution in [-0.4, -0.2) is 29.1 Å². The number of nitrogens with one attached hydrogen (secondary N) is 2. The van der Waals surface area contributed by atoms with Gasteiger partial charge in [0.2, 0.25) is 0 Å². The highest BCUT2D eigenvalue weighted by molar-refractivity contribution is 5.34. The molecule has 2 N–H and O–H groups in total. The summed E-state index contributed by atoms with van der Waals surface area (Å²) in [7, 11) is 0. The molecule has 0 spiro atoms.